The van der Waals surface area contributed by atoms with Gasteiger partial charge in [0.25, 0.3) is 0 Å². The second-order valence-electron chi connectivity index (χ2n) is 7.29. The van der Waals surface area contributed by atoms with E-state index in [1.807, 2.05) is 42.5 Å². The van der Waals surface area contributed by atoms with Crippen LogP contribution >= 0.6 is 0 Å². The van der Waals surface area contributed by atoms with Crippen LogP contribution in [-0.4, -0.2) is 29.8 Å². The van der Waals surface area contributed by atoms with E-state index in [0.717, 1.165) is 47.9 Å². The van der Waals surface area contributed by atoms with Crippen molar-refractivity contribution in [1.29, 1.82) is 0 Å². The van der Waals surface area contributed by atoms with Crippen LogP contribution < -0.4 is 5.32 Å². The lowest BCUT2D eigenvalue weighted by atomic mass is 9.98. The first-order valence-corrected chi connectivity index (χ1v) is 10.1. The topological polar surface area (TPSA) is 75.6 Å². The second kappa shape index (κ2) is 9.92. The van der Waals surface area contributed by atoms with Gasteiger partial charge in [-0.05, 0) is 41.5 Å². The zero-order valence-electron chi connectivity index (χ0n) is 16.5. The summed E-state index contributed by atoms with van der Waals surface area (Å²) in [7, 11) is 0. The summed E-state index contributed by atoms with van der Waals surface area (Å²) in [6.07, 6.45) is 5.07. The van der Waals surface area contributed by atoms with Crippen molar-refractivity contribution in [2.75, 3.05) is 6.61 Å². The van der Waals surface area contributed by atoms with Gasteiger partial charge in [-0.3, -0.25) is 0 Å². The van der Waals surface area contributed by atoms with Gasteiger partial charge in [-0.25, -0.2) is 9.59 Å². The highest BCUT2D eigenvalue weighted by Gasteiger charge is 2.29. The number of ether oxygens (including phenoxy) is 1. The van der Waals surface area contributed by atoms with Crippen LogP contribution in [0.25, 0.3) is 11.1 Å². The summed E-state index contributed by atoms with van der Waals surface area (Å²) in [6.45, 7) is 3.85. The predicted octanol–water partition coefficient (Wildman–Crippen LogP) is 5.11. The van der Waals surface area contributed by atoms with Gasteiger partial charge in [0.2, 0.25) is 0 Å². The Bertz CT molecular complexity index is 831. The van der Waals surface area contributed by atoms with E-state index in [4.69, 9.17) is 4.74 Å². The fourth-order valence-corrected chi connectivity index (χ4v) is 3.85. The quantitative estimate of drug-likeness (QED) is 0.434. The molecule has 2 aromatic carbocycles. The highest BCUT2D eigenvalue weighted by Crippen LogP contribution is 2.44. The van der Waals surface area contributed by atoms with Crippen LogP contribution in [0, 0.1) is 0 Å². The molecule has 0 bridgehead atoms. The van der Waals surface area contributed by atoms with E-state index in [1.54, 1.807) is 0 Å². The third-order valence-corrected chi connectivity index (χ3v) is 5.33. The minimum Gasteiger partial charge on any atom is -0.480 e. The van der Waals surface area contributed by atoms with Gasteiger partial charge in [0.15, 0.2) is 0 Å². The lowest BCUT2D eigenvalue weighted by molar-refractivity contribution is -0.139. The SMILES string of the molecule is C=CCCCCCC(NC(=O)OCC1c2ccccc2-c2ccccc21)C(=O)O. The molecule has 0 heterocycles. The summed E-state index contributed by atoms with van der Waals surface area (Å²) in [4.78, 5) is 23.7. The fourth-order valence-electron chi connectivity index (χ4n) is 3.85. The molecular formula is C24H27NO4. The van der Waals surface area contributed by atoms with Crippen molar-refractivity contribution in [3.63, 3.8) is 0 Å². The van der Waals surface area contributed by atoms with E-state index in [1.165, 1.54) is 0 Å². The number of carbonyl (C=O) groups excluding carboxylic acids is 1. The van der Waals surface area contributed by atoms with E-state index < -0.39 is 18.1 Å². The molecule has 1 aliphatic carbocycles. The lowest BCUT2D eigenvalue weighted by Crippen LogP contribution is -2.41. The molecular weight excluding hydrogens is 366 g/mol. The van der Waals surface area contributed by atoms with Gasteiger partial charge in [0, 0.05) is 5.92 Å². The Labute approximate surface area is 171 Å². The number of aliphatic carboxylic acids is 1. The number of rotatable bonds is 10. The van der Waals surface area contributed by atoms with Gasteiger partial charge in [-0.2, -0.15) is 0 Å². The Morgan fingerprint density at radius 2 is 1.66 bits per heavy atom. The Morgan fingerprint density at radius 1 is 1.03 bits per heavy atom. The Kier molecular flexibility index (Phi) is 7.06. The van der Waals surface area contributed by atoms with Gasteiger partial charge in [0.1, 0.15) is 12.6 Å². The van der Waals surface area contributed by atoms with E-state index in [0.29, 0.717) is 6.42 Å². The third kappa shape index (κ3) is 5.05. The van der Waals surface area contributed by atoms with Crippen LogP contribution in [0.2, 0.25) is 0 Å². The molecule has 0 spiro atoms. The molecule has 2 N–H and O–H groups in total. The minimum absolute atomic E-state index is 0.0460. The van der Waals surface area contributed by atoms with Crippen molar-refractivity contribution < 1.29 is 19.4 Å². The van der Waals surface area contributed by atoms with Crippen LogP contribution in [0.3, 0.4) is 0 Å². The molecule has 5 nitrogen and oxygen atoms in total. The maximum absolute atomic E-state index is 12.3. The third-order valence-electron chi connectivity index (χ3n) is 5.33. The first-order valence-electron chi connectivity index (χ1n) is 10.1. The normalized spacial score (nSPS) is 13.2. The van der Waals surface area contributed by atoms with Crippen LogP contribution in [0.4, 0.5) is 4.79 Å². The number of fused-ring (bicyclic) bond motifs is 3. The zero-order chi connectivity index (χ0) is 20.6. The molecule has 0 radical (unpaired) electrons. The molecule has 0 saturated carbocycles. The van der Waals surface area contributed by atoms with Crippen molar-refractivity contribution in [3.8, 4) is 11.1 Å². The number of carboxylic acid groups (broad SMARTS) is 1. The summed E-state index contributed by atoms with van der Waals surface area (Å²) < 4.78 is 5.44. The number of carboxylic acids is 1. The molecule has 3 rings (SSSR count). The van der Waals surface area contributed by atoms with E-state index in [2.05, 4.69) is 24.0 Å². The first-order chi connectivity index (χ1) is 14.1. The Hall–Kier alpha value is -3.08. The molecule has 0 saturated heterocycles. The van der Waals surface area contributed by atoms with Crippen molar-refractivity contribution in [2.24, 2.45) is 0 Å². The number of hydrogen-bond donors (Lipinski definition) is 2. The molecule has 0 fully saturated rings. The maximum atomic E-state index is 12.3. The van der Waals surface area contributed by atoms with Gasteiger partial charge in [-0.1, -0.05) is 67.4 Å². The average Bonchev–Trinajstić information content (AvgIpc) is 3.05. The van der Waals surface area contributed by atoms with E-state index in [9.17, 15) is 14.7 Å². The largest absolute Gasteiger partial charge is 0.480 e. The summed E-state index contributed by atoms with van der Waals surface area (Å²) in [5.41, 5.74) is 4.55. The number of benzene rings is 2. The molecule has 2 aromatic rings. The number of carbonyl (C=O) groups is 2. The molecule has 1 atom stereocenters. The summed E-state index contributed by atoms with van der Waals surface area (Å²) >= 11 is 0. The van der Waals surface area contributed by atoms with Gasteiger partial charge in [0.05, 0.1) is 0 Å². The average molecular weight is 393 g/mol. The minimum atomic E-state index is -1.04. The molecule has 5 heteroatoms. The summed E-state index contributed by atoms with van der Waals surface area (Å²) in [5, 5.41) is 11.9. The maximum Gasteiger partial charge on any atom is 0.407 e. The van der Waals surface area contributed by atoms with Crippen LogP contribution in [0.5, 0.6) is 0 Å². The number of nitrogens with one attached hydrogen (secondary N) is 1. The molecule has 1 unspecified atom stereocenters. The van der Waals surface area contributed by atoms with Gasteiger partial charge < -0.3 is 15.2 Å². The number of amides is 1. The monoisotopic (exact) mass is 393 g/mol. The fraction of sp³-hybridized carbons (Fsp3) is 0.333. The molecule has 1 aliphatic rings. The molecule has 0 aromatic heterocycles. The van der Waals surface area contributed by atoms with Crippen molar-refractivity contribution >= 4 is 12.1 Å². The second-order valence-corrected chi connectivity index (χ2v) is 7.29. The highest BCUT2D eigenvalue weighted by molar-refractivity contribution is 5.81. The summed E-state index contributed by atoms with van der Waals surface area (Å²) in [5.74, 6) is -1.09. The van der Waals surface area contributed by atoms with Gasteiger partial charge in [-0.15, -0.1) is 6.58 Å². The van der Waals surface area contributed by atoms with Crippen molar-refractivity contribution in [2.45, 2.75) is 44.1 Å². The van der Waals surface area contributed by atoms with Crippen LogP contribution in [-0.2, 0) is 9.53 Å². The molecule has 1 amide bonds. The number of hydrogen-bond acceptors (Lipinski definition) is 3. The molecule has 152 valence electrons. The number of alkyl carbamates (subject to hydrolysis) is 1. The predicted molar refractivity (Wildman–Crippen MR) is 113 cm³/mol. The molecule has 29 heavy (non-hydrogen) atoms. The Balaban J connectivity index is 1.57. The van der Waals surface area contributed by atoms with Crippen molar-refractivity contribution in [3.05, 3.63) is 72.3 Å². The highest BCUT2D eigenvalue weighted by atomic mass is 16.5. The standard InChI is InChI=1S/C24H27NO4/c1-2-3-4-5-6-15-22(23(26)27)25-24(28)29-16-21-19-13-9-7-11-17(19)18-12-8-10-14-20(18)21/h2,7-14,21-22H,1,3-6,15-16H2,(H,25,28)(H,26,27). The van der Waals surface area contributed by atoms with Crippen molar-refractivity contribution in [1.82, 2.24) is 5.32 Å². The lowest BCUT2D eigenvalue weighted by Gasteiger charge is -2.17. The van der Waals surface area contributed by atoms with Crippen LogP contribution in [0.15, 0.2) is 61.2 Å². The van der Waals surface area contributed by atoms with Gasteiger partial charge >= 0.3 is 12.1 Å². The molecule has 0 aliphatic heterocycles. The zero-order valence-corrected chi connectivity index (χ0v) is 16.5. The van der Waals surface area contributed by atoms with E-state index in [-0.39, 0.29) is 12.5 Å². The number of allylic oxidation sites excluding steroid dienone is 1. The van der Waals surface area contributed by atoms with E-state index >= 15 is 0 Å². The smallest absolute Gasteiger partial charge is 0.407 e. The number of unbranched alkanes of at least 4 members (excludes halogenated alkanes) is 3. The summed E-state index contributed by atoms with van der Waals surface area (Å²) in [6, 6.07) is 15.2. The first kappa shape index (κ1) is 20.6. The van der Waals surface area contributed by atoms with Crippen LogP contribution in [0.1, 0.15) is 49.1 Å². The Morgan fingerprint density at radius 3 is 2.24 bits per heavy atom.